The average Bonchev–Trinajstić information content (AvgIpc) is 2.95. The van der Waals surface area contributed by atoms with Gasteiger partial charge in [0.05, 0.1) is 26.4 Å². The second kappa shape index (κ2) is 8.14. The number of ether oxygens (including phenoxy) is 2. The van der Waals surface area contributed by atoms with Crippen LogP contribution < -0.4 is 10.2 Å². The minimum atomic E-state index is -0.278. The van der Waals surface area contributed by atoms with E-state index in [2.05, 4.69) is 15.5 Å². The smallest absolute Gasteiger partial charge is 0.311 e. The largest absolute Gasteiger partial charge is 0.504 e. The molecule has 0 aliphatic heterocycles. The standard InChI is InChI=1S/C15H17N3O4S/c1-3-22-14(20)7-11-9-16-15(23-11)18-17-8-10-4-5-13(21-2)12(19)6-10/h4-6,8-9,19H,3,7H2,1-2H3,(H,16,18)/b17-8+. The first-order valence-electron chi connectivity index (χ1n) is 6.88. The molecular formula is C15H17N3O4S. The Morgan fingerprint density at radius 3 is 3.04 bits per heavy atom. The molecule has 2 aromatic rings. The van der Waals surface area contributed by atoms with Crippen molar-refractivity contribution < 1.29 is 19.4 Å². The number of carbonyl (C=O) groups excluding carboxylic acids is 1. The maximum Gasteiger partial charge on any atom is 0.311 e. The number of thiazole rings is 1. The van der Waals surface area contributed by atoms with Gasteiger partial charge >= 0.3 is 5.97 Å². The Hall–Kier alpha value is -2.61. The van der Waals surface area contributed by atoms with E-state index in [0.29, 0.717) is 23.1 Å². The molecule has 0 amide bonds. The van der Waals surface area contributed by atoms with E-state index < -0.39 is 0 Å². The lowest BCUT2D eigenvalue weighted by Gasteiger charge is -2.02. The fraction of sp³-hybridized carbons (Fsp3) is 0.267. The fourth-order valence-electron chi connectivity index (χ4n) is 1.74. The predicted molar refractivity (Wildman–Crippen MR) is 88.3 cm³/mol. The van der Waals surface area contributed by atoms with Gasteiger partial charge in [0.25, 0.3) is 0 Å². The third-order valence-electron chi connectivity index (χ3n) is 2.75. The van der Waals surface area contributed by atoms with E-state index in [1.54, 1.807) is 31.5 Å². The molecule has 1 aromatic carbocycles. The van der Waals surface area contributed by atoms with Crippen molar-refractivity contribution in [3.63, 3.8) is 0 Å². The van der Waals surface area contributed by atoms with E-state index in [4.69, 9.17) is 9.47 Å². The molecule has 2 N–H and O–H groups in total. The van der Waals surface area contributed by atoms with Gasteiger partial charge in [-0.05, 0) is 30.7 Å². The van der Waals surface area contributed by atoms with Crippen molar-refractivity contribution in [2.24, 2.45) is 5.10 Å². The van der Waals surface area contributed by atoms with Gasteiger partial charge in [-0.3, -0.25) is 10.2 Å². The summed E-state index contributed by atoms with van der Waals surface area (Å²) in [6.45, 7) is 2.13. The van der Waals surface area contributed by atoms with Gasteiger partial charge in [0.2, 0.25) is 5.13 Å². The molecule has 7 nitrogen and oxygen atoms in total. The van der Waals surface area contributed by atoms with E-state index >= 15 is 0 Å². The molecule has 23 heavy (non-hydrogen) atoms. The number of benzene rings is 1. The Balaban J connectivity index is 1.92. The van der Waals surface area contributed by atoms with Crippen LogP contribution in [0.5, 0.6) is 11.5 Å². The van der Waals surface area contributed by atoms with Gasteiger partial charge in [-0.25, -0.2) is 4.98 Å². The zero-order valence-corrected chi connectivity index (χ0v) is 13.6. The van der Waals surface area contributed by atoms with Crippen LogP contribution in [0.15, 0.2) is 29.5 Å². The van der Waals surface area contributed by atoms with Gasteiger partial charge in [0.1, 0.15) is 0 Å². The summed E-state index contributed by atoms with van der Waals surface area (Å²) in [5.74, 6) is 0.168. The van der Waals surface area contributed by atoms with Crippen molar-refractivity contribution in [1.29, 1.82) is 0 Å². The zero-order chi connectivity index (χ0) is 16.7. The summed E-state index contributed by atoms with van der Waals surface area (Å²) in [7, 11) is 1.49. The Labute approximate surface area is 137 Å². The highest BCUT2D eigenvalue weighted by atomic mass is 32.1. The molecule has 0 fully saturated rings. The van der Waals surface area contributed by atoms with Gasteiger partial charge in [0, 0.05) is 11.1 Å². The number of anilines is 1. The number of phenols is 1. The van der Waals surface area contributed by atoms with Crippen molar-refractivity contribution in [1.82, 2.24) is 4.98 Å². The minimum absolute atomic E-state index is 0.0439. The summed E-state index contributed by atoms with van der Waals surface area (Å²) < 4.78 is 9.85. The number of phenolic OH excluding ortho intramolecular Hbond substituents is 1. The number of hydrazone groups is 1. The predicted octanol–water partition coefficient (Wildman–Crippen LogP) is 2.41. The Bertz CT molecular complexity index is 700. The lowest BCUT2D eigenvalue weighted by molar-refractivity contribution is -0.142. The number of aromatic hydroxyl groups is 1. The second-order valence-electron chi connectivity index (χ2n) is 4.41. The first-order valence-corrected chi connectivity index (χ1v) is 7.70. The first-order chi connectivity index (χ1) is 11.1. The highest BCUT2D eigenvalue weighted by molar-refractivity contribution is 7.15. The lowest BCUT2D eigenvalue weighted by atomic mass is 10.2. The topological polar surface area (TPSA) is 93.0 Å². The van der Waals surface area contributed by atoms with Crippen LogP contribution in [-0.4, -0.2) is 36.0 Å². The number of nitrogens with one attached hydrogen (secondary N) is 1. The van der Waals surface area contributed by atoms with E-state index in [9.17, 15) is 9.90 Å². The van der Waals surface area contributed by atoms with Crippen LogP contribution in [-0.2, 0) is 16.0 Å². The molecule has 1 heterocycles. The van der Waals surface area contributed by atoms with E-state index in [0.717, 1.165) is 4.88 Å². The molecule has 0 aliphatic carbocycles. The van der Waals surface area contributed by atoms with Gasteiger partial charge in [-0.2, -0.15) is 5.10 Å². The summed E-state index contributed by atoms with van der Waals surface area (Å²) >= 11 is 1.33. The monoisotopic (exact) mass is 335 g/mol. The van der Waals surface area contributed by atoms with Crippen LogP contribution in [0.1, 0.15) is 17.4 Å². The molecule has 0 radical (unpaired) electrons. The van der Waals surface area contributed by atoms with Gasteiger partial charge < -0.3 is 14.6 Å². The SMILES string of the molecule is CCOC(=O)Cc1cnc(N/N=C/c2ccc(OC)c(O)c2)s1. The molecule has 0 saturated carbocycles. The quantitative estimate of drug-likeness (QED) is 0.458. The van der Waals surface area contributed by atoms with Crippen molar-refractivity contribution in [3.05, 3.63) is 34.8 Å². The summed E-state index contributed by atoms with van der Waals surface area (Å²) in [5.41, 5.74) is 3.49. The van der Waals surface area contributed by atoms with Crippen LogP contribution in [0, 0.1) is 0 Å². The molecule has 0 unspecified atom stereocenters. The molecule has 2 rings (SSSR count). The van der Waals surface area contributed by atoms with E-state index in [-0.39, 0.29) is 18.1 Å². The fourth-order valence-corrected chi connectivity index (χ4v) is 2.49. The number of aromatic nitrogens is 1. The molecule has 0 atom stereocenters. The molecule has 0 spiro atoms. The van der Waals surface area contributed by atoms with Gasteiger partial charge in [0.15, 0.2) is 11.5 Å². The third kappa shape index (κ3) is 4.96. The summed E-state index contributed by atoms with van der Waals surface area (Å²) in [4.78, 5) is 16.3. The Kier molecular flexibility index (Phi) is 5.93. The van der Waals surface area contributed by atoms with Crippen LogP contribution in [0.3, 0.4) is 0 Å². The van der Waals surface area contributed by atoms with Crippen LogP contribution in [0.4, 0.5) is 5.13 Å². The molecule has 122 valence electrons. The van der Waals surface area contributed by atoms with Gasteiger partial charge in [-0.1, -0.05) is 11.3 Å². The van der Waals surface area contributed by atoms with Crippen molar-refractivity contribution in [2.75, 3.05) is 19.1 Å². The number of hydrogen-bond acceptors (Lipinski definition) is 8. The van der Waals surface area contributed by atoms with Crippen LogP contribution in [0.2, 0.25) is 0 Å². The second-order valence-corrected chi connectivity index (χ2v) is 5.53. The molecule has 8 heteroatoms. The first kappa shape index (κ1) is 16.8. The summed E-state index contributed by atoms with van der Waals surface area (Å²) in [6, 6.07) is 4.95. The molecular weight excluding hydrogens is 318 g/mol. The maximum absolute atomic E-state index is 11.4. The number of esters is 1. The highest BCUT2D eigenvalue weighted by Gasteiger charge is 2.07. The van der Waals surface area contributed by atoms with E-state index in [1.807, 2.05) is 0 Å². The van der Waals surface area contributed by atoms with Crippen molar-refractivity contribution >= 4 is 28.7 Å². The number of hydrogen-bond donors (Lipinski definition) is 2. The van der Waals surface area contributed by atoms with Crippen LogP contribution in [0.25, 0.3) is 0 Å². The zero-order valence-electron chi connectivity index (χ0n) is 12.8. The highest BCUT2D eigenvalue weighted by Crippen LogP contribution is 2.25. The van der Waals surface area contributed by atoms with Gasteiger partial charge in [-0.15, -0.1) is 0 Å². The van der Waals surface area contributed by atoms with E-state index in [1.165, 1.54) is 24.5 Å². The minimum Gasteiger partial charge on any atom is -0.504 e. The van der Waals surface area contributed by atoms with Crippen molar-refractivity contribution in [3.8, 4) is 11.5 Å². The molecule has 0 aliphatic rings. The average molecular weight is 335 g/mol. The number of nitrogens with zero attached hydrogens (tertiary/aromatic N) is 2. The Morgan fingerprint density at radius 2 is 2.35 bits per heavy atom. The number of rotatable bonds is 7. The normalized spacial score (nSPS) is 10.7. The summed E-state index contributed by atoms with van der Waals surface area (Å²) in [6.07, 6.45) is 3.35. The lowest BCUT2D eigenvalue weighted by Crippen LogP contribution is -2.06. The summed E-state index contributed by atoms with van der Waals surface area (Å²) in [5, 5.41) is 14.3. The van der Waals surface area contributed by atoms with Crippen LogP contribution >= 0.6 is 11.3 Å². The molecule has 0 bridgehead atoms. The third-order valence-corrected chi connectivity index (χ3v) is 3.66. The molecule has 1 aromatic heterocycles. The number of carbonyl (C=O) groups is 1. The van der Waals surface area contributed by atoms with Crippen molar-refractivity contribution in [2.45, 2.75) is 13.3 Å². The maximum atomic E-state index is 11.4. The Morgan fingerprint density at radius 1 is 1.52 bits per heavy atom. The number of methoxy groups -OCH3 is 1. The molecule has 0 saturated heterocycles.